The summed E-state index contributed by atoms with van der Waals surface area (Å²) in [6.07, 6.45) is 2.10. The highest BCUT2D eigenvalue weighted by Crippen LogP contribution is 2.04. The van der Waals surface area contributed by atoms with E-state index in [4.69, 9.17) is 10.8 Å². The average molecular weight is 230 g/mol. The molecule has 0 rings (SSSR count). The van der Waals surface area contributed by atoms with Crippen LogP contribution in [0.1, 0.15) is 39.5 Å². The minimum atomic E-state index is -0.796. The molecule has 0 saturated heterocycles. The number of rotatable bonds is 8. The maximum atomic E-state index is 11.6. The zero-order valence-corrected chi connectivity index (χ0v) is 10.0. The van der Waals surface area contributed by atoms with Gasteiger partial charge in [-0.15, -0.1) is 0 Å². The summed E-state index contributed by atoms with van der Waals surface area (Å²) in [6, 6.07) is 0.0204. The van der Waals surface area contributed by atoms with Crippen molar-refractivity contribution >= 4 is 11.9 Å². The first-order valence-electron chi connectivity index (χ1n) is 5.69. The van der Waals surface area contributed by atoms with Crippen molar-refractivity contribution in [1.29, 1.82) is 0 Å². The van der Waals surface area contributed by atoms with Crippen molar-refractivity contribution in [1.82, 2.24) is 5.32 Å². The van der Waals surface area contributed by atoms with Gasteiger partial charge in [0.1, 0.15) is 0 Å². The Morgan fingerprint density at radius 2 is 1.94 bits per heavy atom. The Morgan fingerprint density at radius 1 is 1.31 bits per heavy atom. The fraction of sp³-hybridized carbons (Fsp3) is 0.818. The molecule has 94 valence electrons. The van der Waals surface area contributed by atoms with E-state index in [9.17, 15) is 9.59 Å². The van der Waals surface area contributed by atoms with Gasteiger partial charge in [0.25, 0.3) is 0 Å². The van der Waals surface area contributed by atoms with Crippen LogP contribution in [-0.2, 0) is 9.59 Å². The fourth-order valence-electron chi connectivity index (χ4n) is 1.40. The SMILES string of the molecule is CC(CCCC(=O)O)NC(=O)C(C)CCN. The molecule has 0 aromatic rings. The zero-order chi connectivity index (χ0) is 12.6. The number of carbonyl (C=O) groups excluding carboxylic acids is 1. The first-order valence-corrected chi connectivity index (χ1v) is 5.69. The summed E-state index contributed by atoms with van der Waals surface area (Å²) in [7, 11) is 0. The Morgan fingerprint density at radius 3 is 2.44 bits per heavy atom. The third kappa shape index (κ3) is 7.23. The molecule has 0 saturated carbocycles. The van der Waals surface area contributed by atoms with Crippen molar-refractivity contribution in [2.75, 3.05) is 6.54 Å². The molecule has 0 spiro atoms. The number of carbonyl (C=O) groups is 2. The van der Waals surface area contributed by atoms with Crippen molar-refractivity contribution in [3.8, 4) is 0 Å². The van der Waals surface area contributed by atoms with E-state index >= 15 is 0 Å². The molecule has 5 heteroatoms. The fourth-order valence-corrected chi connectivity index (χ4v) is 1.40. The maximum Gasteiger partial charge on any atom is 0.303 e. The van der Waals surface area contributed by atoms with Crippen LogP contribution < -0.4 is 11.1 Å². The molecule has 0 aliphatic rings. The summed E-state index contributed by atoms with van der Waals surface area (Å²) < 4.78 is 0. The monoisotopic (exact) mass is 230 g/mol. The van der Waals surface area contributed by atoms with Gasteiger partial charge in [-0.1, -0.05) is 6.92 Å². The van der Waals surface area contributed by atoms with Crippen molar-refractivity contribution < 1.29 is 14.7 Å². The number of carboxylic acids is 1. The van der Waals surface area contributed by atoms with Crippen LogP contribution >= 0.6 is 0 Å². The number of nitrogens with one attached hydrogen (secondary N) is 1. The number of aliphatic carboxylic acids is 1. The molecule has 0 aromatic heterocycles. The quantitative estimate of drug-likeness (QED) is 0.573. The van der Waals surface area contributed by atoms with E-state index in [1.165, 1.54) is 0 Å². The summed E-state index contributed by atoms with van der Waals surface area (Å²) in [5, 5.41) is 11.3. The van der Waals surface area contributed by atoms with Crippen LogP contribution in [0.3, 0.4) is 0 Å². The van der Waals surface area contributed by atoms with Crippen LogP contribution in [0.2, 0.25) is 0 Å². The van der Waals surface area contributed by atoms with E-state index in [0.717, 1.165) is 0 Å². The summed E-state index contributed by atoms with van der Waals surface area (Å²) in [4.78, 5) is 21.9. The van der Waals surface area contributed by atoms with E-state index in [1.807, 2.05) is 13.8 Å². The summed E-state index contributed by atoms with van der Waals surface area (Å²) in [5.41, 5.74) is 5.37. The van der Waals surface area contributed by atoms with Gasteiger partial charge in [0, 0.05) is 18.4 Å². The van der Waals surface area contributed by atoms with E-state index in [-0.39, 0.29) is 24.3 Å². The lowest BCUT2D eigenvalue weighted by Crippen LogP contribution is -2.37. The molecule has 0 fully saturated rings. The zero-order valence-electron chi connectivity index (χ0n) is 10.0. The van der Waals surface area contributed by atoms with Gasteiger partial charge in [-0.3, -0.25) is 9.59 Å². The molecule has 2 unspecified atom stereocenters. The molecule has 5 nitrogen and oxygen atoms in total. The van der Waals surface area contributed by atoms with Crippen molar-refractivity contribution in [2.24, 2.45) is 11.7 Å². The Bertz CT molecular complexity index is 231. The second-order valence-electron chi connectivity index (χ2n) is 4.17. The summed E-state index contributed by atoms with van der Waals surface area (Å²) >= 11 is 0. The van der Waals surface area contributed by atoms with Gasteiger partial charge in [-0.2, -0.15) is 0 Å². The minimum absolute atomic E-state index is 0.00623. The van der Waals surface area contributed by atoms with Gasteiger partial charge in [0.05, 0.1) is 0 Å². The minimum Gasteiger partial charge on any atom is -0.481 e. The number of carboxylic acid groups (broad SMARTS) is 1. The lowest BCUT2D eigenvalue weighted by molar-refractivity contribution is -0.137. The smallest absolute Gasteiger partial charge is 0.303 e. The predicted octanol–water partition coefficient (Wildman–Crippen LogP) is 0.731. The van der Waals surface area contributed by atoms with Crippen LogP contribution in [0.4, 0.5) is 0 Å². The third-order valence-corrected chi connectivity index (χ3v) is 2.46. The van der Waals surface area contributed by atoms with E-state index in [0.29, 0.717) is 25.8 Å². The largest absolute Gasteiger partial charge is 0.481 e. The van der Waals surface area contributed by atoms with Gasteiger partial charge in [-0.25, -0.2) is 0 Å². The maximum absolute atomic E-state index is 11.6. The topological polar surface area (TPSA) is 92.4 Å². The Kier molecular flexibility index (Phi) is 7.54. The Labute approximate surface area is 96.4 Å². The van der Waals surface area contributed by atoms with E-state index < -0.39 is 5.97 Å². The second-order valence-corrected chi connectivity index (χ2v) is 4.17. The highest BCUT2D eigenvalue weighted by molar-refractivity contribution is 5.78. The normalized spacial score (nSPS) is 14.2. The van der Waals surface area contributed by atoms with Crippen LogP contribution in [0.15, 0.2) is 0 Å². The predicted molar refractivity (Wildman–Crippen MR) is 61.9 cm³/mol. The molecule has 16 heavy (non-hydrogen) atoms. The molecule has 0 aromatic carbocycles. The standard InChI is InChI=1S/C11H22N2O3/c1-8(6-7-12)11(16)13-9(2)4-3-5-10(14)15/h8-9H,3-7,12H2,1-2H3,(H,13,16)(H,14,15). The number of amides is 1. The molecule has 0 aliphatic heterocycles. The Hall–Kier alpha value is -1.10. The first kappa shape index (κ1) is 14.9. The molecule has 0 heterocycles. The van der Waals surface area contributed by atoms with Gasteiger partial charge < -0.3 is 16.2 Å². The highest BCUT2D eigenvalue weighted by Gasteiger charge is 2.14. The molecule has 0 bridgehead atoms. The summed E-state index contributed by atoms with van der Waals surface area (Å²) in [5.74, 6) is -0.879. The van der Waals surface area contributed by atoms with Crippen LogP contribution in [0.25, 0.3) is 0 Å². The van der Waals surface area contributed by atoms with Gasteiger partial charge >= 0.3 is 5.97 Å². The molecule has 2 atom stereocenters. The second kappa shape index (κ2) is 8.10. The molecular formula is C11H22N2O3. The summed E-state index contributed by atoms with van der Waals surface area (Å²) in [6.45, 7) is 4.23. The molecule has 0 aliphatic carbocycles. The molecule has 4 N–H and O–H groups in total. The van der Waals surface area contributed by atoms with Gasteiger partial charge in [0.2, 0.25) is 5.91 Å². The first-order chi connectivity index (χ1) is 7.47. The molecule has 0 radical (unpaired) electrons. The van der Waals surface area contributed by atoms with Gasteiger partial charge in [0.15, 0.2) is 0 Å². The number of nitrogens with two attached hydrogens (primary N) is 1. The lowest BCUT2D eigenvalue weighted by atomic mass is 10.1. The van der Waals surface area contributed by atoms with Crippen molar-refractivity contribution in [3.05, 3.63) is 0 Å². The van der Waals surface area contributed by atoms with Crippen LogP contribution in [0.5, 0.6) is 0 Å². The van der Waals surface area contributed by atoms with Crippen LogP contribution in [0, 0.1) is 5.92 Å². The van der Waals surface area contributed by atoms with Gasteiger partial charge in [-0.05, 0) is 32.7 Å². The number of hydrogen-bond acceptors (Lipinski definition) is 3. The van der Waals surface area contributed by atoms with Crippen molar-refractivity contribution in [2.45, 2.75) is 45.6 Å². The average Bonchev–Trinajstić information content (AvgIpc) is 2.17. The highest BCUT2D eigenvalue weighted by atomic mass is 16.4. The molecular weight excluding hydrogens is 208 g/mol. The van der Waals surface area contributed by atoms with E-state index in [2.05, 4.69) is 5.32 Å². The van der Waals surface area contributed by atoms with E-state index in [1.54, 1.807) is 0 Å². The lowest BCUT2D eigenvalue weighted by Gasteiger charge is -2.16. The Balaban J connectivity index is 3.73. The van der Waals surface area contributed by atoms with Crippen molar-refractivity contribution in [3.63, 3.8) is 0 Å². The number of hydrogen-bond donors (Lipinski definition) is 3. The van der Waals surface area contributed by atoms with Crippen LogP contribution in [-0.4, -0.2) is 29.6 Å². The molecule has 1 amide bonds. The third-order valence-electron chi connectivity index (χ3n) is 2.46.